The van der Waals surface area contributed by atoms with Gasteiger partial charge in [0.1, 0.15) is 0 Å². The van der Waals surface area contributed by atoms with Gasteiger partial charge in [0.2, 0.25) is 11.8 Å². The first kappa shape index (κ1) is 18.1. The summed E-state index contributed by atoms with van der Waals surface area (Å²) in [5.41, 5.74) is 5.28. The summed E-state index contributed by atoms with van der Waals surface area (Å²) in [7, 11) is 1.31. The molecule has 152 valence electrons. The lowest BCUT2D eigenvalue weighted by molar-refractivity contribution is -0.122. The molecule has 5 nitrogen and oxygen atoms in total. The van der Waals surface area contributed by atoms with E-state index in [1.54, 1.807) is 24.3 Å². The quantitative estimate of drug-likeness (QED) is 0.476. The Labute approximate surface area is 179 Å². The molecule has 1 saturated heterocycles. The van der Waals surface area contributed by atoms with Crippen LogP contribution in [0, 0.1) is 11.8 Å². The maximum atomic E-state index is 13.7. The van der Waals surface area contributed by atoms with Crippen molar-refractivity contribution in [3.8, 4) is 0 Å². The van der Waals surface area contributed by atoms with Gasteiger partial charge in [0.05, 0.1) is 30.2 Å². The lowest BCUT2D eigenvalue weighted by atomic mass is 9.55. The number of ether oxygens (including phenoxy) is 1. The minimum absolute atomic E-state index is 0.146. The highest BCUT2D eigenvalue weighted by molar-refractivity contribution is 6.23. The zero-order chi connectivity index (χ0) is 21.3. The molecule has 0 N–H and O–H groups in total. The van der Waals surface area contributed by atoms with E-state index in [1.807, 2.05) is 24.3 Å². The summed E-state index contributed by atoms with van der Waals surface area (Å²) < 4.78 is 4.80. The van der Waals surface area contributed by atoms with Crippen molar-refractivity contribution in [2.75, 3.05) is 12.0 Å². The number of methoxy groups -OCH3 is 1. The molecule has 3 aromatic carbocycles. The fourth-order valence-corrected chi connectivity index (χ4v) is 5.82. The fraction of sp³-hybridized carbons (Fsp3) is 0.192. The van der Waals surface area contributed by atoms with Gasteiger partial charge in [-0.2, -0.15) is 0 Å². The largest absolute Gasteiger partial charge is 0.465 e. The van der Waals surface area contributed by atoms with E-state index in [1.165, 1.54) is 12.0 Å². The normalized spacial score (nSPS) is 25.1. The predicted molar refractivity (Wildman–Crippen MR) is 114 cm³/mol. The van der Waals surface area contributed by atoms with E-state index in [0.29, 0.717) is 11.3 Å². The monoisotopic (exact) mass is 409 g/mol. The van der Waals surface area contributed by atoms with Crippen molar-refractivity contribution < 1.29 is 19.1 Å². The van der Waals surface area contributed by atoms with E-state index in [-0.39, 0.29) is 23.7 Å². The molecule has 0 unspecified atom stereocenters. The smallest absolute Gasteiger partial charge is 0.337 e. The van der Waals surface area contributed by atoms with Gasteiger partial charge in [0.15, 0.2) is 0 Å². The first-order chi connectivity index (χ1) is 15.1. The second kappa shape index (κ2) is 6.38. The zero-order valence-corrected chi connectivity index (χ0v) is 16.8. The molecule has 5 heteroatoms. The van der Waals surface area contributed by atoms with E-state index < -0.39 is 17.8 Å². The molecule has 2 bridgehead atoms. The zero-order valence-electron chi connectivity index (χ0n) is 16.8. The van der Waals surface area contributed by atoms with Gasteiger partial charge >= 0.3 is 5.97 Å². The summed E-state index contributed by atoms with van der Waals surface area (Å²) in [6, 6.07) is 22.8. The van der Waals surface area contributed by atoms with Crippen LogP contribution in [-0.2, 0) is 14.3 Å². The molecule has 2 atom stereocenters. The Morgan fingerprint density at radius 3 is 1.68 bits per heavy atom. The molecular weight excluding hydrogens is 390 g/mol. The van der Waals surface area contributed by atoms with Gasteiger partial charge in [-0.25, -0.2) is 9.69 Å². The SMILES string of the molecule is COC(=O)c1cccc(N2C(=O)[C@H]3C4c5ccccc5C(c5ccccc54)[C@@H]3C2=O)c1. The van der Waals surface area contributed by atoms with Crippen molar-refractivity contribution in [2.45, 2.75) is 11.8 Å². The second-order valence-electron chi connectivity index (χ2n) is 8.32. The van der Waals surface area contributed by atoms with Crippen molar-refractivity contribution in [3.63, 3.8) is 0 Å². The highest BCUT2D eigenvalue weighted by atomic mass is 16.5. The summed E-state index contributed by atoms with van der Waals surface area (Å²) in [5.74, 6) is -2.07. The molecule has 7 rings (SSSR count). The Morgan fingerprint density at radius 1 is 0.742 bits per heavy atom. The van der Waals surface area contributed by atoms with Gasteiger partial charge in [-0.1, -0.05) is 54.6 Å². The van der Waals surface area contributed by atoms with Gasteiger partial charge in [0, 0.05) is 11.8 Å². The minimum atomic E-state index is -0.502. The standard InChI is InChI=1S/C26H19NO4/c1-31-26(30)14-7-6-8-15(13-14)27-24(28)22-20-16-9-2-3-10-17(16)21(23(22)25(27)29)19-12-5-4-11-18(19)20/h2-13,20-23H,1H3/t20?,21?,22-,23-/m0/s1. The Morgan fingerprint density at radius 2 is 1.23 bits per heavy atom. The molecule has 0 saturated carbocycles. The summed E-state index contributed by atoms with van der Waals surface area (Å²) in [4.78, 5) is 40.7. The van der Waals surface area contributed by atoms with Crippen LogP contribution in [0.3, 0.4) is 0 Å². The molecule has 1 aliphatic heterocycles. The van der Waals surface area contributed by atoms with Crippen LogP contribution in [-0.4, -0.2) is 24.9 Å². The van der Waals surface area contributed by atoms with Crippen molar-refractivity contribution in [2.24, 2.45) is 11.8 Å². The Bertz CT molecular complexity index is 1160. The molecule has 1 fully saturated rings. The third kappa shape index (κ3) is 2.29. The number of anilines is 1. The molecule has 0 radical (unpaired) electrons. The van der Waals surface area contributed by atoms with Gasteiger partial charge in [-0.3, -0.25) is 9.59 Å². The predicted octanol–water partition coefficient (Wildman–Crippen LogP) is 3.87. The van der Waals surface area contributed by atoms with Crippen LogP contribution in [0.5, 0.6) is 0 Å². The van der Waals surface area contributed by atoms with Crippen LogP contribution in [0.25, 0.3) is 0 Å². The van der Waals surface area contributed by atoms with E-state index in [9.17, 15) is 14.4 Å². The average Bonchev–Trinajstić information content (AvgIpc) is 3.09. The number of hydrogen-bond donors (Lipinski definition) is 0. The Kier molecular flexibility index (Phi) is 3.72. The highest BCUT2D eigenvalue weighted by Gasteiger charge is 2.61. The molecular formula is C26H19NO4. The lowest BCUT2D eigenvalue weighted by Crippen LogP contribution is -2.41. The van der Waals surface area contributed by atoms with E-state index in [4.69, 9.17) is 4.74 Å². The van der Waals surface area contributed by atoms with Gasteiger partial charge in [-0.15, -0.1) is 0 Å². The minimum Gasteiger partial charge on any atom is -0.465 e. The van der Waals surface area contributed by atoms with Crippen LogP contribution < -0.4 is 4.90 Å². The molecule has 1 heterocycles. The highest BCUT2D eigenvalue weighted by Crippen LogP contribution is 2.61. The van der Waals surface area contributed by atoms with Crippen LogP contribution >= 0.6 is 0 Å². The van der Waals surface area contributed by atoms with Crippen LogP contribution in [0.4, 0.5) is 5.69 Å². The van der Waals surface area contributed by atoms with Crippen LogP contribution in [0.15, 0.2) is 72.8 Å². The van der Waals surface area contributed by atoms with Crippen molar-refractivity contribution in [3.05, 3.63) is 101 Å². The molecule has 3 aliphatic carbocycles. The lowest BCUT2D eigenvalue weighted by Gasteiger charge is -2.45. The van der Waals surface area contributed by atoms with Gasteiger partial charge in [-0.05, 0) is 40.5 Å². The summed E-state index contributed by atoms with van der Waals surface area (Å²) in [5, 5.41) is 0. The van der Waals surface area contributed by atoms with Crippen molar-refractivity contribution >= 4 is 23.5 Å². The fourth-order valence-electron chi connectivity index (χ4n) is 5.82. The first-order valence-corrected chi connectivity index (χ1v) is 10.4. The number of carbonyl (C=O) groups excluding carboxylic acids is 3. The maximum absolute atomic E-state index is 13.7. The number of rotatable bonds is 2. The molecule has 4 aliphatic rings. The average molecular weight is 409 g/mol. The molecule has 2 amide bonds. The van der Waals surface area contributed by atoms with Crippen LogP contribution in [0.1, 0.15) is 44.4 Å². The molecule has 0 spiro atoms. The van der Waals surface area contributed by atoms with Crippen molar-refractivity contribution in [1.29, 1.82) is 0 Å². The number of nitrogens with zero attached hydrogens (tertiary/aromatic N) is 1. The first-order valence-electron chi connectivity index (χ1n) is 10.4. The third-order valence-corrected chi connectivity index (χ3v) is 6.97. The Balaban J connectivity index is 1.51. The second-order valence-corrected chi connectivity index (χ2v) is 8.32. The molecule has 0 aromatic heterocycles. The van der Waals surface area contributed by atoms with E-state index in [0.717, 1.165) is 22.3 Å². The number of carbonyl (C=O) groups is 3. The van der Waals surface area contributed by atoms with Crippen LogP contribution in [0.2, 0.25) is 0 Å². The maximum Gasteiger partial charge on any atom is 0.337 e. The Hall–Kier alpha value is -3.73. The number of amides is 2. The summed E-state index contributed by atoms with van der Waals surface area (Å²) >= 11 is 0. The molecule has 3 aromatic rings. The number of hydrogen-bond acceptors (Lipinski definition) is 4. The van der Waals surface area contributed by atoms with Gasteiger partial charge < -0.3 is 4.74 Å². The molecule has 31 heavy (non-hydrogen) atoms. The number of esters is 1. The van der Waals surface area contributed by atoms with Gasteiger partial charge in [0.25, 0.3) is 0 Å². The topological polar surface area (TPSA) is 63.7 Å². The van der Waals surface area contributed by atoms with Crippen molar-refractivity contribution in [1.82, 2.24) is 0 Å². The number of imide groups is 1. The van der Waals surface area contributed by atoms with E-state index in [2.05, 4.69) is 24.3 Å². The summed E-state index contributed by atoms with van der Waals surface area (Å²) in [6.07, 6.45) is 0. The summed E-state index contributed by atoms with van der Waals surface area (Å²) in [6.45, 7) is 0. The van der Waals surface area contributed by atoms with E-state index >= 15 is 0 Å². The number of benzene rings is 3. The third-order valence-electron chi connectivity index (χ3n) is 6.97.